The van der Waals surface area contributed by atoms with E-state index in [-0.39, 0.29) is 30.0 Å². The number of primary amides is 1. The van der Waals surface area contributed by atoms with Crippen LogP contribution in [0.15, 0.2) is 39.5 Å². The molecule has 0 atom stereocenters. The van der Waals surface area contributed by atoms with Gasteiger partial charge in [0.05, 0.1) is 5.56 Å². The number of hydrogen-bond acceptors (Lipinski definition) is 6. The molecule has 0 spiro atoms. The Morgan fingerprint density at radius 1 is 1.32 bits per heavy atom. The zero-order valence-corrected chi connectivity index (χ0v) is 13.7. The molecule has 7 nitrogen and oxygen atoms in total. The molecule has 3 aromatic rings. The number of amides is 2. The maximum absolute atomic E-state index is 13.4. The van der Waals surface area contributed by atoms with E-state index in [2.05, 4.69) is 15.5 Å². The van der Waals surface area contributed by atoms with Gasteiger partial charge >= 0.3 is 0 Å². The monoisotopic (exact) mass is 360 g/mol. The molecule has 25 heavy (non-hydrogen) atoms. The molecule has 0 unspecified atom stereocenters. The lowest BCUT2D eigenvalue weighted by atomic mass is 10.1. The van der Waals surface area contributed by atoms with Crippen molar-refractivity contribution in [2.24, 2.45) is 5.73 Å². The van der Waals surface area contributed by atoms with Crippen molar-refractivity contribution in [3.8, 4) is 11.4 Å². The molecule has 0 fully saturated rings. The first-order chi connectivity index (χ1) is 12.0. The predicted molar refractivity (Wildman–Crippen MR) is 89.5 cm³/mol. The Labute approximate surface area is 145 Å². The number of anilines is 1. The van der Waals surface area contributed by atoms with Crippen molar-refractivity contribution in [1.82, 2.24) is 10.1 Å². The summed E-state index contributed by atoms with van der Waals surface area (Å²) in [5, 5.41) is 10.2. The number of nitrogens with two attached hydrogens (primary N) is 1. The zero-order valence-electron chi connectivity index (χ0n) is 12.9. The number of carbonyl (C=O) groups excluding carboxylic acids is 2. The molecule has 3 N–H and O–H groups in total. The second kappa shape index (κ2) is 7.22. The van der Waals surface area contributed by atoms with Crippen molar-refractivity contribution in [3.05, 3.63) is 52.3 Å². The third-order valence-electron chi connectivity index (χ3n) is 3.33. The second-order valence-electron chi connectivity index (χ2n) is 5.13. The third kappa shape index (κ3) is 4.07. The number of benzene rings is 1. The van der Waals surface area contributed by atoms with Crippen LogP contribution in [0.3, 0.4) is 0 Å². The fraction of sp³-hybridized carbons (Fsp3) is 0.125. The molecule has 128 valence electrons. The summed E-state index contributed by atoms with van der Waals surface area (Å²) in [6.45, 7) is 0. The molecular weight excluding hydrogens is 347 g/mol. The molecular formula is C16H13FN4O3S. The van der Waals surface area contributed by atoms with Gasteiger partial charge < -0.3 is 15.6 Å². The molecule has 2 amide bonds. The lowest BCUT2D eigenvalue weighted by Gasteiger charge is -2.06. The average molecular weight is 360 g/mol. The van der Waals surface area contributed by atoms with E-state index in [1.54, 1.807) is 0 Å². The minimum absolute atomic E-state index is 0.0918. The number of rotatable bonds is 6. The first kappa shape index (κ1) is 16.8. The quantitative estimate of drug-likeness (QED) is 0.702. The summed E-state index contributed by atoms with van der Waals surface area (Å²) >= 11 is 1.52. The minimum Gasteiger partial charge on any atom is -0.366 e. The van der Waals surface area contributed by atoms with Gasteiger partial charge in [0, 0.05) is 29.5 Å². The molecule has 0 aliphatic carbocycles. The van der Waals surface area contributed by atoms with Crippen LogP contribution in [-0.4, -0.2) is 22.0 Å². The van der Waals surface area contributed by atoms with Crippen molar-refractivity contribution in [2.75, 3.05) is 5.32 Å². The van der Waals surface area contributed by atoms with Gasteiger partial charge in [-0.05, 0) is 29.6 Å². The lowest BCUT2D eigenvalue weighted by molar-refractivity contribution is -0.116. The summed E-state index contributed by atoms with van der Waals surface area (Å²) in [7, 11) is 0. The molecule has 0 saturated carbocycles. The highest BCUT2D eigenvalue weighted by molar-refractivity contribution is 7.08. The number of aryl methyl sites for hydroxylation is 1. The van der Waals surface area contributed by atoms with Gasteiger partial charge in [-0.1, -0.05) is 5.16 Å². The van der Waals surface area contributed by atoms with Crippen LogP contribution in [0.1, 0.15) is 22.7 Å². The van der Waals surface area contributed by atoms with Crippen LogP contribution in [-0.2, 0) is 11.2 Å². The van der Waals surface area contributed by atoms with Gasteiger partial charge in [0.25, 0.3) is 5.91 Å². The highest BCUT2D eigenvalue weighted by Gasteiger charge is 2.13. The van der Waals surface area contributed by atoms with E-state index in [0.29, 0.717) is 11.7 Å². The van der Waals surface area contributed by atoms with Gasteiger partial charge in [-0.3, -0.25) is 9.59 Å². The van der Waals surface area contributed by atoms with Crippen molar-refractivity contribution in [1.29, 1.82) is 0 Å². The Morgan fingerprint density at radius 2 is 2.16 bits per heavy atom. The van der Waals surface area contributed by atoms with Crippen molar-refractivity contribution in [3.63, 3.8) is 0 Å². The van der Waals surface area contributed by atoms with Crippen LogP contribution >= 0.6 is 11.3 Å². The Balaban J connectivity index is 1.58. The van der Waals surface area contributed by atoms with Gasteiger partial charge in [0.1, 0.15) is 5.82 Å². The highest BCUT2D eigenvalue weighted by Crippen LogP contribution is 2.19. The second-order valence-corrected chi connectivity index (χ2v) is 5.91. The Morgan fingerprint density at radius 3 is 2.88 bits per heavy atom. The number of hydrogen-bond donors (Lipinski definition) is 2. The van der Waals surface area contributed by atoms with Crippen LogP contribution in [0.5, 0.6) is 0 Å². The zero-order chi connectivity index (χ0) is 17.8. The molecule has 3 rings (SSSR count). The van der Waals surface area contributed by atoms with E-state index in [0.717, 1.165) is 11.6 Å². The largest absolute Gasteiger partial charge is 0.366 e. The van der Waals surface area contributed by atoms with Gasteiger partial charge in [-0.25, -0.2) is 4.39 Å². The Hall–Kier alpha value is -3.07. The predicted octanol–water partition coefficient (Wildman–Crippen LogP) is 2.61. The smallest absolute Gasteiger partial charge is 0.251 e. The molecule has 0 bridgehead atoms. The molecule has 0 radical (unpaired) electrons. The van der Waals surface area contributed by atoms with Crippen LogP contribution < -0.4 is 11.1 Å². The summed E-state index contributed by atoms with van der Waals surface area (Å²) in [6, 6.07) is 5.48. The number of thiophene rings is 1. The van der Waals surface area contributed by atoms with Crippen LogP contribution in [0.4, 0.5) is 10.1 Å². The number of nitrogens with zero attached hydrogens (tertiary/aromatic N) is 2. The number of aromatic nitrogens is 2. The van der Waals surface area contributed by atoms with Crippen molar-refractivity contribution < 1.29 is 18.5 Å². The Bertz CT molecular complexity index is 908. The van der Waals surface area contributed by atoms with E-state index >= 15 is 0 Å². The molecule has 2 heterocycles. The molecule has 2 aromatic heterocycles. The summed E-state index contributed by atoms with van der Waals surface area (Å²) in [5.74, 6) is -1.16. The van der Waals surface area contributed by atoms with Gasteiger partial charge in [0.2, 0.25) is 17.6 Å². The van der Waals surface area contributed by atoms with Gasteiger partial charge in [-0.2, -0.15) is 16.3 Å². The van der Waals surface area contributed by atoms with E-state index in [4.69, 9.17) is 10.3 Å². The fourth-order valence-corrected chi connectivity index (χ4v) is 2.74. The standard InChI is InChI=1S/C16H13FN4O3S/c17-12-2-1-10(7-11(12)15(18)23)19-13(22)3-4-14-20-16(21-24-14)9-5-6-25-8-9/h1-2,5-8H,3-4H2,(H2,18,23)(H,19,22). The van der Waals surface area contributed by atoms with Gasteiger partial charge in [-0.15, -0.1) is 0 Å². The first-order valence-electron chi connectivity index (χ1n) is 7.27. The lowest BCUT2D eigenvalue weighted by Crippen LogP contribution is -2.16. The third-order valence-corrected chi connectivity index (χ3v) is 4.01. The van der Waals surface area contributed by atoms with E-state index in [1.165, 1.54) is 23.5 Å². The highest BCUT2D eigenvalue weighted by atomic mass is 32.1. The summed E-state index contributed by atoms with van der Waals surface area (Å²) in [6.07, 6.45) is 0.349. The summed E-state index contributed by atoms with van der Waals surface area (Å²) in [4.78, 5) is 27.3. The van der Waals surface area contributed by atoms with Crippen molar-refractivity contribution in [2.45, 2.75) is 12.8 Å². The van der Waals surface area contributed by atoms with Crippen LogP contribution in [0.2, 0.25) is 0 Å². The van der Waals surface area contributed by atoms with E-state index < -0.39 is 11.7 Å². The van der Waals surface area contributed by atoms with Crippen LogP contribution in [0.25, 0.3) is 11.4 Å². The minimum atomic E-state index is -0.902. The summed E-state index contributed by atoms with van der Waals surface area (Å²) < 4.78 is 18.5. The first-order valence-corrected chi connectivity index (χ1v) is 8.21. The summed E-state index contributed by atoms with van der Waals surface area (Å²) in [5.41, 5.74) is 5.93. The van der Waals surface area contributed by atoms with Crippen LogP contribution in [0, 0.1) is 5.82 Å². The van der Waals surface area contributed by atoms with E-state index in [1.807, 2.05) is 16.8 Å². The maximum Gasteiger partial charge on any atom is 0.251 e. The average Bonchev–Trinajstić information content (AvgIpc) is 3.25. The van der Waals surface area contributed by atoms with E-state index in [9.17, 15) is 14.0 Å². The van der Waals surface area contributed by atoms with Gasteiger partial charge in [0.15, 0.2) is 0 Å². The molecule has 0 aliphatic heterocycles. The fourth-order valence-electron chi connectivity index (χ4n) is 2.10. The number of carbonyl (C=O) groups is 2. The van der Waals surface area contributed by atoms with Crippen molar-refractivity contribution >= 4 is 28.8 Å². The molecule has 9 heteroatoms. The Kier molecular flexibility index (Phi) is 4.85. The molecule has 0 saturated heterocycles. The maximum atomic E-state index is 13.4. The normalized spacial score (nSPS) is 10.6. The number of halogens is 1. The molecule has 0 aliphatic rings. The molecule has 1 aromatic carbocycles. The number of nitrogens with one attached hydrogen (secondary N) is 1. The SMILES string of the molecule is NC(=O)c1cc(NC(=O)CCc2nc(-c3ccsc3)no2)ccc1F. The topological polar surface area (TPSA) is 111 Å².